The molecule has 0 bridgehead atoms. The van der Waals surface area contributed by atoms with Gasteiger partial charge in [-0.1, -0.05) is 76.1 Å². The van der Waals surface area contributed by atoms with Gasteiger partial charge in [-0.05, 0) is 36.7 Å². The highest BCUT2D eigenvalue weighted by atomic mass is 16.5. The van der Waals surface area contributed by atoms with Gasteiger partial charge in [-0.2, -0.15) is 0 Å². The second-order valence-corrected chi connectivity index (χ2v) is 6.19. The molecule has 0 saturated heterocycles. The number of benzene rings is 1. The lowest BCUT2D eigenvalue weighted by atomic mass is 9.92. The van der Waals surface area contributed by atoms with Crippen LogP contribution in [0.1, 0.15) is 58.4 Å². The fraction of sp³-hybridized carbons (Fsp3) is 0.600. The van der Waals surface area contributed by atoms with E-state index in [1.807, 2.05) is 6.07 Å². The Bertz CT molecular complexity index is 369. The maximum atomic E-state index is 5.72. The molecule has 0 radical (unpaired) electrons. The molecule has 1 heteroatoms. The van der Waals surface area contributed by atoms with Crippen LogP contribution in [0.5, 0.6) is 0 Å². The molecular weight excluding hydrogens is 256 g/mol. The van der Waals surface area contributed by atoms with Crippen LogP contribution < -0.4 is 0 Å². The van der Waals surface area contributed by atoms with Crippen LogP contribution in [0, 0.1) is 11.8 Å². The van der Waals surface area contributed by atoms with Gasteiger partial charge in [0.25, 0.3) is 0 Å². The fourth-order valence-electron chi connectivity index (χ4n) is 2.66. The van der Waals surface area contributed by atoms with Crippen LogP contribution in [-0.2, 0) is 11.3 Å². The van der Waals surface area contributed by atoms with Gasteiger partial charge in [0.2, 0.25) is 0 Å². The second kappa shape index (κ2) is 11.6. The first-order valence-electron chi connectivity index (χ1n) is 8.50. The highest BCUT2D eigenvalue weighted by molar-refractivity contribution is 5.13. The zero-order valence-electron chi connectivity index (χ0n) is 14.1. The Hall–Kier alpha value is -1.08. The van der Waals surface area contributed by atoms with Gasteiger partial charge >= 0.3 is 0 Å². The zero-order valence-corrected chi connectivity index (χ0v) is 14.1. The topological polar surface area (TPSA) is 9.23 Å². The molecule has 0 fully saturated rings. The molecule has 0 aliphatic carbocycles. The third-order valence-corrected chi connectivity index (χ3v) is 3.82. The largest absolute Gasteiger partial charge is 0.377 e. The molecule has 0 aliphatic rings. The van der Waals surface area contributed by atoms with Crippen molar-refractivity contribution < 1.29 is 4.74 Å². The van der Waals surface area contributed by atoms with Crippen LogP contribution in [-0.4, -0.2) is 6.61 Å². The summed E-state index contributed by atoms with van der Waals surface area (Å²) in [6, 6.07) is 10.4. The number of hydrogen-bond donors (Lipinski definition) is 0. The van der Waals surface area contributed by atoms with Crippen molar-refractivity contribution in [2.24, 2.45) is 11.8 Å². The zero-order chi connectivity index (χ0) is 15.3. The number of rotatable bonds is 11. The van der Waals surface area contributed by atoms with E-state index in [1.165, 1.54) is 31.2 Å². The first-order valence-corrected chi connectivity index (χ1v) is 8.50. The first-order chi connectivity index (χ1) is 10.2. The van der Waals surface area contributed by atoms with Crippen LogP contribution in [0.25, 0.3) is 0 Å². The quantitative estimate of drug-likeness (QED) is 0.358. The Labute approximate surface area is 131 Å². The molecule has 1 aromatic carbocycles. The number of unbranched alkanes of at least 4 members (excludes halogenated alkanes) is 1. The van der Waals surface area contributed by atoms with Crippen molar-refractivity contribution in [3.8, 4) is 0 Å². The van der Waals surface area contributed by atoms with E-state index in [-0.39, 0.29) is 0 Å². The molecule has 0 amide bonds. The maximum absolute atomic E-state index is 5.72. The van der Waals surface area contributed by atoms with Crippen molar-refractivity contribution in [1.82, 2.24) is 0 Å². The highest BCUT2D eigenvalue weighted by Gasteiger charge is 2.06. The normalized spacial score (nSPS) is 14.4. The summed E-state index contributed by atoms with van der Waals surface area (Å²) in [5.74, 6) is 1.53. The van der Waals surface area contributed by atoms with Gasteiger partial charge in [0.05, 0.1) is 6.61 Å². The van der Waals surface area contributed by atoms with Crippen LogP contribution in [0.3, 0.4) is 0 Å². The van der Waals surface area contributed by atoms with Crippen molar-refractivity contribution in [1.29, 1.82) is 0 Å². The van der Waals surface area contributed by atoms with Gasteiger partial charge in [0, 0.05) is 6.61 Å². The minimum atomic E-state index is 0.717. The van der Waals surface area contributed by atoms with Crippen LogP contribution >= 0.6 is 0 Å². The molecule has 1 nitrogen and oxygen atoms in total. The molecule has 0 N–H and O–H groups in total. The van der Waals surface area contributed by atoms with E-state index in [1.54, 1.807) is 0 Å². The minimum absolute atomic E-state index is 0.717. The van der Waals surface area contributed by atoms with Gasteiger partial charge in [-0.15, -0.1) is 0 Å². The minimum Gasteiger partial charge on any atom is -0.377 e. The van der Waals surface area contributed by atoms with Crippen molar-refractivity contribution >= 4 is 0 Å². The average Bonchev–Trinajstić information content (AvgIpc) is 2.49. The lowest BCUT2D eigenvalue weighted by Gasteiger charge is -2.14. The van der Waals surface area contributed by atoms with E-state index in [9.17, 15) is 0 Å². The van der Waals surface area contributed by atoms with E-state index in [4.69, 9.17) is 4.74 Å². The summed E-state index contributed by atoms with van der Waals surface area (Å²) >= 11 is 0. The summed E-state index contributed by atoms with van der Waals surface area (Å²) < 4.78 is 5.72. The summed E-state index contributed by atoms with van der Waals surface area (Å²) in [7, 11) is 0. The molecule has 118 valence electrons. The first kappa shape index (κ1) is 18.0. The molecule has 1 aromatic rings. The fourth-order valence-corrected chi connectivity index (χ4v) is 2.66. The number of ether oxygens (including phenoxy) is 1. The predicted octanol–water partition coefficient (Wildman–Crippen LogP) is 6.00. The Morgan fingerprint density at radius 1 is 1.10 bits per heavy atom. The van der Waals surface area contributed by atoms with Crippen molar-refractivity contribution in [3.63, 3.8) is 0 Å². The van der Waals surface area contributed by atoms with E-state index < -0.39 is 0 Å². The van der Waals surface area contributed by atoms with E-state index in [0.29, 0.717) is 5.92 Å². The monoisotopic (exact) mass is 288 g/mol. The molecule has 2 atom stereocenters. The van der Waals surface area contributed by atoms with Gasteiger partial charge in [-0.3, -0.25) is 0 Å². The summed E-state index contributed by atoms with van der Waals surface area (Å²) in [6.45, 7) is 8.52. The van der Waals surface area contributed by atoms with Gasteiger partial charge in [0.1, 0.15) is 0 Å². The van der Waals surface area contributed by atoms with Crippen molar-refractivity contribution in [3.05, 3.63) is 48.0 Å². The molecule has 0 heterocycles. The molecule has 21 heavy (non-hydrogen) atoms. The average molecular weight is 288 g/mol. The summed E-state index contributed by atoms with van der Waals surface area (Å²) in [5.41, 5.74) is 1.27. The maximum Gasteiger partial charge on any atom is 0.0716 e. The Balaban J connectivity index is 1.99. The van der Waals surface area contributed by atoms with Crippen molar-refractivity contribution in [2.75, 3.05) is 6.61 Å². The van der Waals surface area contributed by atoms with Crippen LogP contribution in [0.4, 0.5) is 0 Å². The molecule has 0 spiro atoms. The SMILES string of the molecule is CC/C=C/[C@H](C)C[C@H](C)CCCCOCc1ccccc1. The van der Waals surface area contributed by atoms with Gasteiger partial charge in [-0.25, -0.2) is 0 Å². The lowest BCUT2D eigenvalue weighted by Crippen LogP contribution is -2.02. The van der Waals surface area contributed by atoms with E-state index >= 15 is 0 Å². The van der Waals surface area contributed by atoms with Crippen molar-refractivity contribution in [2.45, 2.75) is 59.5 Å². The lowest BCUT2D eigenvalue weighted by molar-refractivity contribution is 0.116. The summed E-state index contributed by atoms with van der Waals surface area (Å²) in [4.78, 5) is 0. The molecular formula is C20H32O. The Morgan fingerprint density at radius 3 is 2.57 bits per heavy atom. The molecule has 0 aromatic heterocycles. The smallest absolute Gasteiger partial charge is 0.0716 e. The standard InChI is InChI=1S/C20H32O/c1-4-5-11-18(2)16-19(3)12-9-10-15-21-17-20-13-7-6-8-14-20/h5-8,11,13-14,18-19H,4,9-10,12,15-17H2,1-3H3/b11-5+/t18-,19+/m0/s1. The molecule has 0 saturated carbocycles. The van der Waals surface area contributed by atoms with Crippen LogP contribution in [0.2, 0.25) is 0 Å². The Morgan fingerprint density at radius 2 is 1.86 bits per heavy atom. The summed E-state index contributed by atoms with van der Waals surface area (Å²) in [6.07, 6.45) is 10.9. The highest BCUT2D eigenvalue weighted by Crippen LogP contribution is 2.18. The van der Waals surface area contributed by atoms with E-state index in [2.05, 4.69) is 57.2 Å². The van der Waals surface area contributed by atoms with Crippen LogP contribution in [0.15, 0.2) is 42.5 Å². The van der Waals surface area contributed by atoms with Gasteiger partial charge in [0.15, 0.2) is 0 Å². The molecule has 0 aliphatic heterocycles. The third kappa shape index (κ3) is 9.47. The predicted molar refractivity (Wildman–Crippen MR) is 92.3 cm³/mol. The Kier molecular flexibility index (Phi) is 9.90. The second-order valence-electron chi connectivity index (χ2n) is 6.19. The third-order valence-electron chi connectivity index (χ3n) is 3.82. The molecule has 1 rings (SSSR count). The van der Waals surface area contributed by atoms with E-state index in [0.717, 1.165) is 25.6 Å². The molecule has 0 unspecified atom stereocenters. The number of hydrogen-bond acceptors (Lipinski definition) is 1. The van der Waals surface area contributed by atoms with Gasteiger partial charge < -0.3 is 4.74 Å². The number of allylic oxidation sites excluding steroid dienone is 2. The summed E-state index contributed by atoms with van der Waals surface area (Å²) in [5, 5.41) is 0.